The maximum atomic E-state index is 5.53. The van der Waals surface area contributed by atoms with E-state index in [1.54, 1.807) is 5.51 Å². The molecule has 0 aliphatic rings. The Kier molecular flexibility index (Phi) is 2.78. The molecule has 0 amide bonds. The molecule has 14 heavy (non-hydrogen) atoms. The highest BCUT2D eigenvalue weighted by atomic mass is 32.1. The molecule has 4 nitrogen and oxygen atoms in total. The minimum absolute atomic E-state index is 0.662. The summed E-state index contributed by atoms with van der Waals surface area (Å²) in [7, 11) is 0. The lowest BCUT2D eigenvalue weighted by Crippen LogP contribution is -1.97. The monoisotopic (exact) mass is 209 g/mol. The lowest BCUT2D eigenvalue weighted by atomic mass is 10.3. The number of anilines is 1. The van der Waals surface area contributed by atoms with Crippen LogP contribution in [0.5, 0.6) is 0 Å². The molecule has 2 aromatic rings. The molecule has 0 fully saturated rings. The van der Waals surface area contributed by atoms with Crippen LogP contribution in [0.25, 0.3) is 0 Å². The molecule has 1 N–H and O–H groups in total. The normalized spacial score (nSPS) is 10.4. The molecule has 5 heteroatoms. The first-order chi connectivity index (χ1) is 6.88. The Bertz CT molecular complexity index is 382. The Morgan fingerprint density at radius 3 is 2.93 bits per heavy atom. The van der Waals surface area contributed by atoms with Crippen LogP contribution in [0, 0.1) is 0 Å². The number of hydrogen-bond acceptors (Lipinski definition) is 5. The smallest absolute Gasteiger partial charge is 0.205 e. The fraction of sp³-hybridized carbons (Fsp3) is 0.333. The summed E-state index contributed by atoms with van der Waals surface area (Å²) in [6.07, 6.45) is 0.929. The van der Waals surface area contributed by atoms with Gasteiger partial charge < -0.3 is 9.73 Å². The summed E-state index contributed by atoms with van der Waals surface area (Å²) in [5, 5.41) is 11.6. The van der Waals surface area contributed by atoms with Gasteiger partial charge in [-0.25, -0.2) is 0 Å². The van der Waals surface area contributed by atoms with Crippen molar-refractivity contribution < 1.29 is 4.42 Å². The highest BCUT2D eigenvalue weighted by molar-refractivity contribution is 7.13. The zero-order valence-corrected chi connectivity index (χ0v) is 8.67. The molecule has 0 aliphatic heterocycles. The van der Waals surface area contributed by atoms with Crippen LogP contribution in [0.4, 0.5) is 5.13 Å². The topological polar surface area (TPSA) is 51.0 Å². The molecule has 0 aliphatic carbocycles. The predicted molar refractivity (Wildman–Crippen MR) is 55.3 cm³/mol. The summed E-state index contributed by atoms with van der Waals surface area (Å²) in [5.74, 6) is 1.94. The van der Waals surface area contributed by atoms with Gasteiger partial charge in [-0.3, -0.25) is 0 Å². The van der Waals surface area contributed by atoms with Crippen molar-refractivity contribution in [2.45, 2.75) is 19.9 Å². The van der Waals surface area contributed by atoms with E-state index < -0.39 is 0 Å². The van der Waals surface area contributed by atoms with Crippen LogP contribution in [0.1, 0.15) is 18.4 Å². The van der Waals surface area contributed by atoms with E-state index in [1.807, 2.05) is 12.1 Å². The largest absolute Gasteiger partial charge is 0.464 e. The number of furan rings is 1. The third-order valence-electron chi connectivity index (χ3n) is 1.84. The minimum Gasteiger partial charge on any atom is -0.464 e. The first-order valence-electron chi connectivity index (χ1n) is 4.46. The third kappa shape index (κ3) is 2.11. The zero-order valence-electron chi connectivity index (χ0n) is 7.86. The molecule has 0 radical (unpaired) electrons. The summed E-state index contributed by atoms with van der Waals surface area (Å²) >= 11 is 1.48. The maximum Gasteiger partial charge on any atom is 0.205 e. The Balaban J connectivity index is 1.92. The van der Waals surface area contributed by atoms with Crippen LogP contribution >= 0.6 is 11.3 Å². The van der Waals surface area contributed by atoms with Crippen molar-refractivity contribution in [3.63, 3.8) is 0 Å². The Morgan fingerprint density at radius 1 is 1.43 bits per heavy atom. The summed E-state index contributed by atoms with van der Waals surface area (Å²) in [5.41, 5.74) is 1.70. The Morgan fingerprint density at radius 2 is 2.29 bits per heavy atom. The van der Waals surface area contributed by atoms with E-state index in [0.717, 1.165) is 23.1 Å². The average molecular weight is 209 g/mol. The first kappa shape index (κ1) is 9.21. The molecule has 2 aromatic heterocycles. The van der Waals surface area contributed by atoms with Gasteiger partial charge in [0.15, 0.2) is 0 Å². The molecule has 2 rings (SSSR count). The summed E-state index contributed by atoms with van der Waals surface area (Å²) in [6.45, 7) is 2.73. The first-order valence-corrected chi connectivity index (χ1v) is 5.34. The van der Waals surface area contributed by atoms with Gasteiger partial charge in [0.25, 0.3) is 0 Å². The van der Waals surface area contributed by atoms with Crippen molar-refractivity contribution in [3.05, 3.63) is 29.2 Å². The van der Waals surface area contributed by atoms with E-state index in [1.165, 1.54) is 11.3 Å². The van der Waals surface area contributed by atoms with Gasteiger partial charge in [-0.2, -0.15) is 0 Å². The molecular weight excluding hydrogens is 198 g/mol. The summed E-state index contributed by atoms with van der Waals surface area (Å²) in [4.78, 5) is 0. The van der Waals surface area contributed by atoms with Gasteiger partial charge in [0.1, 0.15) is 17.0 Å². The molecule has 0 atom stereocenters. The van der Waals surface area contributed by atoms with E-state index in [0.29, 0.717) is 6.54 Å². The van der Waals surface area contributed by atoms with Crippen LogP contribution < -0.4 is 5.32 Å². The quantitative estimate of drug-likeness (QED) is 0.839. The predicted octanol–water partition coefficient (Wildman–Crippen LogP) is 2.31. The van der Waals surface area contributed by atoms with E-state index >= 15 is 0 Å². The van der Waals surface area contributed by atoms with Gasteiger partial charge >= 0.3 is 0 Å². The van der Waals surface area contributed by atoms with Crippen LogP contribution in [0.15, 0.2) is 22.1 Å². The second-order valence-electron chi connectivity index (χ2n) is 2.82. The standard InChI is InChI=1S/C9H11N3OS/c1-2-7-3-4-8(13-7)5-10-9-12-11-6-14-9/h3-4,6H,2,5H2,1H3,(H,10,12). The van der Waals surface area contributed by atoms with Crippen molar-refractivity contribution in [2.24, 2.45) is 0 Å². The fourth-order valence-electron chi connectivity index (χ4n) is 1.12. The molecule has 0 aromatic carbocycles. The van der Waals surface area contributed by atoms with Crippen molar-refractivity contribution >= 4 is 16.5 Å². The van der Waals surface area contributed by atoms with E-state index in [4.69, 9.17) is 4.42 Å². The second kappa shape index (κ2) is 4.23. The van der Waals surface area contributed by atoms with Crippen LogP contribution in [0.2, 0.25) is 0 Å². The van der Waals surface area contributed by atoms with E-state index in [-0.39, 0.29) is 0 Å². The molecule has 0 unspecified atom stereocenters. The second-order valence-corrected chi connectivity index (χ2v) is 3.65. The SMILES string of the molecule is CCc1ccc(CNc2nncs2)o1. The summed E-state index contributed by atoms with van der Waals surface area (Å²) < 4.78 is 5.53. The number of nitrogens with one attached hydrogen (secondary N) is 1. The zero-order chi connectivity index (χ0) is 9.80. The molecule has 0 bridgehead atoms. The maximum absolute atomic E-state index is 5.53. The highest BCUT2D eigenvalue weighted by Gasteiger charge is 2.01. The molecule has 0 saturated heterocycles. The molecule has 0 spiro atoms. The number of aryl methyl sites for hydroxylation is 1. The van der Waals surface area contributed by atoms with E-state index in [2.05, 4.69) is 22.4 Å². The minimum atomic E-state index is 0.662. The number of aromatic nitrogens is 2. The van der Waals surface area contributed by atoms with Crippen LogP contribution in [-0.4, -0.2) is 10.2 Å². The van der Waals surface area contributed by atoms with Gasteiger partial charge in [-0.1, -0.05) is 18.3 Å². The van der Waals surface area contributed by atoms with Gasteiger partial charge in [0, 0.05) is 6.42 Å². The van der Waals surface area contributed by atoms with Gasteiger partial charge in [-0.15, -0.1) is 10.2 Å². The summed E-state index contributed by atoms with van der Waals surface area (Å²) in [6, 6.07) is 3.98. The molecular formula is C9H11N3OS. The Labute approximate surface area is 86.0 Å². The van der Waals surface area contributed by atoms with E-state index in [9.17, 15) is 0 Å². The fourth-order valence-corrected chi connectivity index (χ4v) is 1.56. The molecule has 0 saturated carbocycles. The lowest BCUT2D eigenvalue weighted by Gasteiger charge is -1.97. The molecule has 2 heterocycles. The van der Waals surface area contributed by atoms with Gasteiger partial charge in [-0.05, 0) is 12.1 Å². The lowest BCUT2D eigenvalue weighted by molar-refractivity contribution is 0.476. The third-order valence-corrected chi connectivity index (χ3v) is 2.49. The number of rotatable bonds is 4. The van der Waals surface area contributed by atoms with Crippen molar-refractivity contribution in [1.29, 1.82) is 0 Å². The van der Waals surface area contributed by atoms with Crippen LogP contribution in [0.3, 0.4) is 0 Å². The van der Waals surface area contributed by atoms with Crippen molar-refractivity contribution in [2.75, 3.05) is 5.32 Å². The van der Waals surface area contributed by atoms with Crippen LogP contribution in [-0.2, 0) is 13.0 Å². The number of nitrogens with zero attached hydrogens (tertiary/aromatic N) is 2. The van der Waals surface area contributed by atoms with Gasteiger partial charge in [0.05, 0.1) is 6.54 Å². The Hall–Kier alpha value is -1.36. The van der Waals surface area contributed by atoms with Crippen molar-refractivity contribution in [3.8, 4) is 0 Å². The molecule has 74 valence electrons. The van der Waals surface area contributed by atoms with Gasteiger partial charge in [0.2, 0.25) is 5.13 Å². The van der Waals surface area contributed by atoms with Crippen molar-refractivity contribution in [1.82, 2.24) is 10.2 Å². The highest BCUT2D eigenvalue weighted by Crippen LogP contribution is 2.12. The average Bonchev–Trinajstić information content (AvgIpc) is 2.86. The number of hydrogen-bond donors (Lipinski definition) is 1.